The molecule has 0 atom stereocenters. The van der Waals surface area contributed by atoms with Crippen LogP contribution in [0.5, 0.6) is 0 Å². The van der Waals surface area contributed by atoms with Crippen LogP contribution in [0.25, 0.3) is 0 Å². The smallest absolute Gasteiger partial charge is 0.258 e. The topological polar surface area (TPSA) is 81.2 Å². The number of hydrogen-bond donors (Lipinski definition) is 0. The highest BCUT2D eigenvalue weighted by molar-refractivity contribution is 6.10. The highest BCUT2D eigenvalue weighted by atomic mass is 16.2. The van der Waals surface area contributed by atoms with Crippen molar-refractivity contribution in [3.63, 3.8) is 0 Å². The van der Waals surface area contributed by atoms with Crippen LogP contribution in [-0.4, -0.2) is 51.8 Å². The van der Waals surface area contributed by atoms with Crippen LogP contribution >= 0.6 is 0 Å². The molecule has 0 radical (unpaired) electrons. The Morgan fingerprint density at radius 3 is 0.769 bits per heavy atom. The fourth-order valence-electron chi connectivity index (χ4n) is 5.39. The van der Waals surface area contributed by atoms with E-state index in [1.165, 1.54) is 0 Å². The average Bonchev–Trinajstić information content (AvgIpc) is 3.23. The van der Waals surface area contributed by atoms with E-state index in [4.69, 9.17) is 0 Å². The van der Waals surface area contributed by atoms with E-state index < -0.39 is 0 Å². The second kappa shape index (κ2) is 17.2. The van der Waals surface area contributed by atoms with E-state index in [1.807, 2.05) is 121 Å². The second-order valence-electron chi connectivity index (χ2n) is 12.0. The SMILES string of the molecule is CN(C(=O)c1ccc(C(=O)N(C)c2ccccc2)cc1)c1ccccc1.CN(C(=O)c1cccc(C(=O)N(C)c2ccccc2)c1)c1ccccc1. The first-order valence-corrected chi connectivity index (χ1v) is 16.7. The quantitative estimate of drug-likeness (QED) is 0.161. The third-order valence-electron chi connectivity index (χ3n) is 8.53. The standard InChI is InChI=1S/2C22H20N2O2/c1-23(19-12-5-3-6-13-19)21(25)17-10-9-11-18(16-17)22(26)24(2)20-14-7-4-8-15-20;1-23(19-9-5-3-6-10-19)21(25)17-13-15-18(16-14-17)22(26)24(2)20-11-7-4-8-12-20/h2*3-16H,1-2H3. The van der Waals surface area contributed by atoms with Gasteiger partial charge in [0.1, 0.15) is 0 Å². The molecule has 6 aromatic carbocycles. The highest BCUT2D eigenvalue weighted by Crippen LogP contribution is 2.20. The molecular weight excluding hydrogens is 649 g/mol. The molecule has 6 rings (SSSR count). The molecule has 52 heavy (non-hydrogen) atoms. The summed E-state index contributed by atoms with van der Waals surface area (Å²) in [6.07, 6.45) is 0. The lowest BCUT2D eigenvalue weighted by atomic mass is 10.1. The van der Waals surface area contributed by atoms with Gasteiger partial charge in [-0.05, 0) is 91.0 Å². The zero-order valence-electron chi connectivity index (χ0n) is 29.6. The summed E-state index contributed by atoms with van der Waals surface area (Å²) in [5.74, 6) is -0.556. The van der Waals surface area contributed by atoms with Crippen LogP contribution in [0.3, 0.4) is 0 Å². The van der Waals surface area contributed by atoms with Crippen molar-refractivity contribution in [1.29, 1.82) is 0 Å². The van der Waals surface area contributed by atoms with Crippen molar-refractivity contribution in [2.24, 2.45) is 0 Å². The van der Waals surface area contributed by atoms with Gasteiger partial charge in [-0.3, -0.25) is 19.2 Å². The molecule has 0 aliphatic heterocycles. The number of benzene rings is 6. The number of anilines is 4. The molecule has 0 saturated carbocycles. The van der Waals surface area contributed by atoms with E-state index in [9.17, 15) is 19.2 Å². The van der Waals surface area contributed by atoms with Crippen molar-refractivity contribution in [2.45, 2.75) is 0 Å². The average molecular weight is 689 g/mol. The first kappa shape index (κ1) is 36.5. The van der Waals surface area contributed by atoms with Crippen molar-refractivity contribution < 1.29 is 19.2 Å². The Kier molecular flexibility index (Phi) is 12.1. The molecule has 0 N–H and O–H groups in total. The van der Waals surface area contributed by atoms with Crippen LogP contribution in [0.4, 0.5) is 22.7 Å². The molecule has 8 nitrogen and oxygen atoms in total. The molecule has 0 bridgehead atoms. The molecule has 0 heterocycles. The summed E-state index contributed by atoms with van der Waals surface area (Å²) in [6.45, 7) is 0. The van der Waals surface area contributed by atoms with Gasteiger partial charge in [0, 0.05) is 73.2 Å². The number of para-hydroxylation sites is 4. The number of carbonyl (C=O) groups excluding carboxylic acids is 4. The predicted octanol–water partition coefficient (Wildman–Crippen LogP) is 8.48. The van der Waals surface area contributed by atoms with E-state index in [2.05, 4.69) is 0 Å². The number of amides is 4. The summed E-state index contributed by atoms with van der Waals surface area (Å²) in [6, 6.07) is 51.3. The Labute approximate surface area is 304 Å². The largest absolute Gasteiger partial charge is 0.311 e. The molecule has 8 heteroatoms. The third kappa shape index (κ3) is 8.86. The number of rotatable bonds is 8. The fourth-order valence-corrected chi connectivity index (χ4v) is 5.39. The van der Waals surface area contributed by atoms with Gasteiger partial charge in [-0.1, -0.05) is 78.9 Å². The molecule has 0 aliphatic rings. The van der Waals surface area contributed by atoms with E-state index in [0.29, 0.717) is 22.3 Å². The zero-order valence-corrected chi connectivity index (χ0v) is 29.6. The lowest BCUT2D eigenvalue weighted by Crippen LogP contribution is -2.28. The van der Waals surface area contributed by atoms with Crippen LogP contribution in [0.2, 0.25) is 0 Å². The first-order chi connectivity index (χ1) is 25.2. The predicted molar refractivity (Wildman–Crippen MR) is 210 cm³/mol. The summed E-state index contributed by atoms with van der Waals surface area (Å²) in [4.78, 5) is 57.1. The molecule has 0 saturated heterocycles. The van der Waals surface area contributed by atoms with Crippen molar-refractivity contribution in [3.8, 4) is 0 Å². The van der Waals surface area contributed by atoms with E-state index >= 15 is 0 Å². The lowest BCUT2D eigenvalue weighted by molar-refractivity contribution is 0.0981. The summed E-state index contributed by atoms with van der Waals surface area (Å²) >= 11 is 0. The van der Waals surface area contributed by atoms with Gasteiger partial charge in [0.25, 0.3) is 23.6 Å². The molecule has 0 fully saturated rings. The van der Waals surface area contributed by atoms with Crippen molar-refractivity contribution >= 4 is 46.4 Å². The normalized spacial score (nSPS) is 10.2. The minimum atomic E-state index is -0.159. The van der Waals surface area contributed by atoms with Crippen molar-refractivity contribution in [3.05, 3.63) is 192 Å². The van der Waals surface area contributed by atoms with Crippen LogP contribution in [0.1, 0.15) is 41.4 Å². The molecule has 4 amide bonds. The van der Waals surface area contributed by atoms with Gasteiger partial charge >= 0.3 is 0 Å². The first-order valence-electron chi connectivity index (χ1n) is 16.7. The molecule has 0 aromatic heterocycles. The Morgan fingerprint density at radius 2 is 0.519 bits per heavy atom. The summed E-state index contributed by atoms with van der Waals surface area (Å²) < 4.78 is 0. The number of nitrogens with zero attached hydrogens (tertiary/aromatic N) is 4. The van der Waals surface area contributed by atoms with Crippen LogP contribution in [0.15, 0.2) is 170 Å². The van der Waals surface area contributed by atoms with Crippen LogP contribution in [0, 0.1) is 0 Å². The third-order valence-corrected chi connectivity index (χ3v) is 8.53. The highest BCUT2D eigenvalue weighted by Gasteiger charge is 2.19. The van der Waals surface area contributed by atoms with E-state index in [-0.39, 0.29) is 23.6 Å². The number of hydrogen-bond acceptors (Lipinski definition) is 4. The summed E-state index contributed by atoms with van der Waals surface area (Å²) in [5, 5.41) is 0. The Bertz CT molecular complexity index is 1960. The maximum atomic E-state index is 12.8. The van der Waals surface area contributed by atoms with E-state index in [1.54, 1.807) is 96.3 Å². The van der Waals surface area contributed by atoms with Gasteiger partial charge in [0.2, 0.25) is 0 Å². The maximum absolute atomic E-state index is 12.8. The zero-order chi connectivity index (χ0) is 37.0. The Morgan fingerprint density at radius 1 is 0.288 bits per heavy atom. The Balaban J connectivity index is 0.000000201. The summed E-state index contributed by atoms with van der Waals surface area (Å²) in [5.41, 5.74) is 5.27. The van der Waals surface area contributed by atoms with Gasteiger partial charge in [0.15, 0.2) is 0 Å². The van der Waals surface area contributed by atoms with Gasteiger partial charge in [-0.15, -0.1) is 0 Å². The minimum absolute atomic E-state index is 0.119. The molecule has 260 valence electrons. The molecule has 0 unspecified atom stereocenters. The minimum Gasteiger partial charge on any atom is -0.311 e. The molecule has 6 aromatic rings. The van der Waals surface area contributed by atoms with Gasteiger partial charge < -0.3 is 19.6 Å². The molecule has 0 aliphatic carbocycles. The second-order valence-corrected chi connectivity index (χ2v) is 12.0. The Hall–Kier alpha value is -6.80. The monoisotopic (exact) mass is 688 g/mol. The molecule has 0 spiro atoms. The summed E-state index contributed by atoms with van der Waals surface area (Å²) in [7, 11) is 6.92. The fraction of sp³-hybridized carbons (Fsp3) is 0.0909. The maximum Gasteiger partial charge on any atom is 0.258 e. The van der Waals surface area contributed by atoms with Crippen molar-refractivity contribution in [1.82, 2.24) is 0 Å². The van der Waals surface area contributed by atoms with Crippen LogP contribution < -0.4 is 19.6 Å². The van der Waals surface area contributed by atoms with Gasteiger partial charge in [-0.25, -0.2) is 0 Å². The van der Waals surface area contributed by atoms with E-state index in [0.717, 1.165) is 22.7 Å². The molecular formula is C44H40N4O4. The number of carbonyl (C=O) groups is 4. The van der Waals surface area contributed by atoms with Crippen molar-refractivity contribution in [2.75, 3.05) is 47.8 Å². The van der Waals surface area contributed by atoms with Gasteiger partial charge in [0.05, 0.1) is 0 Å². The lowest BCUT2D eigenvalue weighted by Gasteiger charge is -2.19. The van der Waals surface area contributed by atoms with Gasteiger partial charge in [-0.2, -0.15) is 0 Å². The van der Waals surface area contributed by atoms with Crippen LogP contribution in [-0.2, 0) is 0 Å².